The maximum Gasteiger partial charge on any atom is 0.252 e. The number of rotatable bonds is 4. The molecular weight excluding hydrogens is 278 g/mol. The molecule has 7 heteroatoms. The van der Waals surface area contributed by atoms with E-state index in [1.165, 1.54) is 4.68 Å². The first-order chi connectivity index (χ1) is 9.49. The zero-order chi connectivity index (χ0) is 14.7. The predicted molar refractivity (Wildman–Crippen MR) is 77.3 cm³/mol. The highest BCUT2D eigenvalue weighted by atomic mass is 35.5. The van der Waals surface area contributed by atoms with Crippen LogP contribution in [0.15, 0.2) is 12.1 Å². The predicted octanol–water partition coefficient (Wildman–Crippen LogP) is 2.15. The molecule has 6 nitrogen and oxygen atoms in total. The van der Waals surface area contributed by atoms with Gasteiger partial charge in [-0.1, -0.05) is 0 Å². The molecule has 106 valence electrons. The SMILES string of the molecule is Cc1cc(C)nc(-n2nc(C)cc2NC(=O)CCCl)n1. The Morgan fingerprint density at radius 1 is 1.20 bits per heavy atom. The summed E-state index contributed by atoms with van der Waals surface area (Å²) in [5.74, 6) is 1.10. The Morgan fingerprint density at radius 3 is 2.45 bits per heavy atom. The van der Waals surface area contributed by atoms with Gasteiger partial charge in [-0.05, 0) is 26.8 Å². The third-order valence-electron chi connectivity index (χ3n) is 2.58. The van der Waals surface area contributed by atoms with Gasteiger partial charge in [-0.25, -0.2) is 9.97 Å². The van der Waals surface area contributed by atoms with Crippen LogP contribution in [0.2, 0.25) is 0 Å². The van der Waals surface area contributed by atoms with Gasteiger partial charge in [-0.2, -0.15) is 9.78 Å². The largest absolute Gasteiger partial charge is 0.310 e. The molecule has 1 N–H and O–H groups in total. The monoisotopic (exact) mass is 293 g/mol. The molecule has 2 aromatic rings. The Hall–Kier alpha value is -1.95. The van der Waals surface area contributed by atoms with Crippen LogP contribution in [0.1, 0.15) is 23.5 Å². The Kier molecular flexibility index (Phi) is 4.34. The lowest BCUT2D eigenvalue weighted by atomic mass is 10.4. The highest BCUT2D eigenvalue weighted by molar-refractivity contribution is 6.19. The Balaban J connectivity index is 2.38. The highest BCUT2D eigenvalue weighted by Crippen LogP contribution is 2.15. The third-order valence-corrected chi connectivity index (χ3v) is 2.77. The molecule has 0 spiro atoms. The fourth-order valence-corrected chi connectivity index (χ4v) is 2.01. The Labute approximate surface area is 122 Å². The van der Waals surface area contributed by atoms with Crippen molar-refractivity contribution >= 4 is 23.3 Å². The first-order valence-corrected chi connectivity index (χ1v) is 6.78. The van der Waals surface area contributed by atoms with E-state index in [9.17, 15) is 4.79 Å². The van der Waals surface area contributed by atoms with Crippen LogP contribution < -0.4 is 5.32 Å². The van der Waals surface area contributed by atoms with Gasteiger partial charge in [0.15, 0.2) is 0 Å². The van der Waals surface area contributed by atoms with E-state index < -0.39 is 0 Å². The normalized spacial score (nSPS) is 10.6. The van der Waals surface area contributed by atoms with Crippen molar-refractivity contribution in [2.24, 2.45) is 0 Å². The standard InChI is InChI=1S/C13H16ClN5O/c1-8-6-9(2)16-13(15-8)19-11(7-10(3)18-19)17-12(20)4-5-14/h6-7H,4-5H2,1-3H3,(H,17,20). The molecule has 0 saturated carbocycles. The average Bonchev–Trinajstić information content (AvgIpc) is 2.69. The second kappa shape index (κ2) is 6.00. The van der Waals surface area contributed by atoms with Crippen LogP contribution in [-0.2, 0) is 4.79 Å². The van der Waals surface area contributed by atoms with Crippen molar-refractivity contribution in [3.8, 4) is 5.95 Å². The number of carbonyl (C=O) groups excluding carboxylic acids is 1. The van der Waals surface area contributed by atoms with Crippen LogP contribution >= 0.6 is 11.6 Å². The summed E-state index contributed by atoms with van der Waals surface area (Å²) < 4.78 is 1.53. The van der Waals surface area contributed by atoms with Crippen LogP contribution in [0.4, 0.5) is 5.82 Å². The summed E-state index contributed by atoms with van der Waals surface area (Å²) in [6.45, 7) is 5.62. The summed E-state index contributed by atoms with van der Waals surface area (Å²) in [6, 6.07) is 3.65. The topological polar surface area (TPSA) is 72.7 Å². The van der Waals surface area contributed by atoms with Gasteiger partial charge < -0.3 is 5.32 Å². The molecule has 0 aliphatic heterocycles. The lowest BCUT2D eigenvalue weighted by Crippen LogP contribution is -2.16. The summed E-state index contributed by atoms with van der Waals surface area (Å²) >= 11 is 5.56. The molecule has 20 heavy (non-hydrogen) atoms. The van der Waals surface area contributed by atoms with Gasteiger partial charge in [0.25, 0.3) is 5.95 Å². The fourth-order valence-electron chi connectivity index (χ4n) is 1.83. The molecule has 0 aliphatic rings. The van der Waals surface area contributed by atoms with Crippen LogP contribution in [0, 0.1) is 20.8 Å². The number of hydrogen-bond donors (Lipinski definition) is 1. The number of carbonyl (C=O) groups is 1. The van der Waals surface area contributed by atoms with Crippen LogP contribution in [0.25, 0.3) is 5.95 Å². The van der Waals surface area contributed by atoms with E-state index >= 15 is 0 Å². The summed E-state index contributed by atoms with van der Waals surface area (Å²) in [5.41, 5.74) is 2.46. The number of hydrogen-bond acceptors (Lipinski definition) is 4. The molecule has 1 amide bonds. The molecule has 0 radical (unpaired) electrons. The minimum Gasteiger partial charge on any atom is -0.310 e. The number of aryl methyl sites for hydroxylation is 3. The van der Waals surface area contributed by atoms with Crippen molar-refractivity contribution in [1.82, 2.24) is 19.7 Å². The highest BCUT2D eigenvalue weighted by Gasteiger charge is 2.13. The molecule has 0 saturated heterocycles. The number of halogens is 1. The van der Waals surface area contributed by atoms with Crippen molar-refractivity contribution in [3.63, 3.8) is 0 Å². The van der Waals surface area contributed by atoms with Gasteiger partial charge in [0.05, 0.1) is 5.69 Å². The van der Waals surface area contributed by atoms with Crippen molar-refractivity contribution in [2.75, 3.05) is 11.2 Å². The van der Waals surface area contributed by atoms with Gasteiger partial charge in [0.1, 0.15) is 5.82 Å². The minimum atomic E-state index is -0.162. The van der Waals surface area contributed by atoms with Crippen molar-refractivity contribution in [1.29, 1.82) is 0 Å². The van der Waals surface area contributed by atoms with E-state index in [0.717, 1.165) is 17.1 Å². The Bertz CT molecular complexity index is 617. The van der Waals surface area contributed by atoms with Crippen LogP contribution in [0.5, 0.6) is 0 Å². The van der Waals surface area contributed by atoms with Gasteiger partial charge in [-0.3, -0.25) is 4.79 Å². The third kappa shape index (κ3) is 3.33. The van der Waals surface area contributed by atoms with Crippen LogP contribution in [0.3, 0.4) is 0 Å². The molecular formula is C13H16ClN5O. The van der Waals surface area contributed by atoms with E-state index in [0.29, 0.717) is 11.8 Å². The molecule has 2 rings (SSSR count). The van der Waals surface area contributed by atoms with Crippen molar-refractivity contribution in [2.45, 2.75) is 27.2 Å². The molecule has 0 aromatic carbocycles. The molecule has 0 bridgehead atoms. The summed E-state index contributed by atoms with van der Waals surface area (Å²) in [6.07, 6.45) is 0.249. The van der Waals surface area contributed by atoms with Crippen molar-refractivity contribution in [3.05, 3.63) is 29.2 Å². The Morgan fingerprint density at radius 2 is 1.85 bits per heavy atom. The van der Waals surface area contributed by atoms with Crippen LogP contribution in [-0.4, -0.2) is 31.5 Å². The molecule has 0 fully saturated rings. The van der Waals surface area contributed by atoms with E-state index in [2.05, 4.69) is 20.4 Å². The van der Waals surface area contributed by atoms with E-state index in [1.807, 2.05) is 26.8 Å². The zero-order valence-electron chi connectivity index (χ0n) is 11.6. The van der Waals surface area contributed by atoms with E-state index in [4.69, 9.17) is 11.6 Å². The smallest absolute Gasteiger partial charge is 0.252 e. The average molecular weight is 294 g/mol. The zero-order valence-corrected chi connectivity index (χ0v) is 12.4. The van der Waals surface area contributed by atoms with Gasteiger partial charge in [0, 0.05) is 29.8 Å². The second-order valence-electron chi connectivity index (χ2n) is 4.52. The summed E-state index contributed by atoms with van der Waals surface area (Å²) in [5, 5.41) is 7.09. The minimum absolute atomic E-state index is 0.162. The molecule has 2 aromatic heterocycles. The number of aromatic nitrogens is 4. The quantitative estimate of drug-likeness (QED) is 0.877. The number of nitrogens with one attached hydrogen (secondary N) is 1. The van der Waals surface area contributed by atoms with E-state index in [-0.39, 0.29) is 18.2 Å². The maximum absolute atomic E-state index is 11.7. The first kappa shape index (κ1) is 14.5. The number of anilines is 1. The molecule has 0 unspecified atom stereocenters. The summed E-state index contributed by atoms with van der Waals surface area (Å²) in [4.78, 5) is 20.3. The second-order valence-corrected chi connectivity index (χ2v) is 4.90. The number of alkyl halides is 1. The molecule has 0 aliphatic carbocycles. The summed E-state index contributed by atoms with van der Waals surface area (Å²) in [7, 11) is 0. The lowest BCUT2D eigenvalue weighted by molar-refractivity contribution is -0.115. The van der Waals surface area contributed by atoms with Gasteiger partial charge in [0.2, 0.25) is 5.91 Å². The van der Waals surface area contributed by atoms with E-state index in [1.54, 1.807) is 6.07 Å². The fraction of sp³-hybridized carbons (Fsp3) is 0.385. The first-order valence-electron chi connectivity index (χ1n) is 6.24. The lowest BCUT2D eigenvalue weighted by Gasteiger charge is -2.08. The van der Waals surface area contributed by atoms with Crippen molar-refractivity contribution < 1.29 is 4.79 Å². The number of amides is 1. The molecule has 2 heterocycles. The maximum atomic E-state index is 11.7. The van der Waals surface area contributed by atoms with Gasteiger partial charge >= 0.3 is 0 Å². The van der Waals surface area contributed by atoms with Gasteiger partial charge in [-0.15, -0.1) is 11.6 Å². The number of nitrogens with zero attached hydrogens (tertiary/aromatic N) is 4. The molecule has 0 atom stereocenters.